The van der Waals surface area contributed by atoms with E-state index in [1.807, 2.05) is 18.2 Å². The Balaban J connectivity index is 2.49. The van der Waals surface area contributed by atoms with Gasteiger partial charge in [0.2, 0.25) is 5.88 Å². The molecule has 0 unspecified atom stereocenters. The van der Waals surface area contributed by atoms with Crippen LogP contribution < -0.4 is 4.74 Å². The first-order chi connectivity index (χ1) is 6.52. The largest absolute Gasteiger partial charge is 0.477 e. The highest BCUT2D eigenvalue weighted by molar-refractivity contribution is 5.09. The number of rotatable bonds is 4. The molecular weight excluding hydrogens is 174 g/mol. The normalized spacial score (nSPS) is 11.8. The van der Waals surface area contributed by atoms with E-state index in [4.69, 9.17) is 4.74 Å². The van der Waals surface area contributed by atoms with Crippen LogP contribution in [0.2, 0.25) is 0 Å². The number of aromatic nitrogens is 1. The second-order valence-electron chi connectivity index (χ2n) is 4.60. The molecule has 0 aliphatic heterocycles. The summed E-state index contributed by atoms with van der Waals surface area (Å²) in [6, 6.07) is 5.71. The van der Waals surface area contributed by atoms with Gasteiger partial charge in [-0.05, 0) is 12.0 Å². The molecule has 2 heteroatoms. The maximum absolute atomic E-state index is 5.62. The first-order valence-electron chi connectivity index (χ1n) is 5.06. The van der Waals surface area contributed by atoms with Gasteiger partial charge in [0.1, 0.15) is 0 Å². The zero-order chi connectivity index (χ0) is 10.6. The van der Waals surface area contributed by atoms with Crippen LogP contribution in [0.1, 0.15) is 27.7 Å². The molecule has 0 saturated heterocycles. The van der Waals surface area contributed by atoms with Crippen LogP contribution in [0.5, 0.6) is 5.88 Å². The Morgan fingerprint density at radius 2 is 2.07 bits per heavy atom. The number of nitrogens with zero attached hydrogens (tertiary/aromatic N) is 1. The summed E-state index contributed by atoms with van der Waals surface area (Å²) >= 11 is 0. The molecule has 78 valence electrons. The molecule has 0 bridgehead atoms. The van der Waals surface area contributed by atoms with Crippen molar-refractivity contribution in [2.75, 3.05) is 6.61 Å². The first kappa shape index (κ1) is 11.0. The van der Waals surface area contributed by atoms with E-state index in [9.17, 15) is 0 Å². The van der Waals surface area contributed by atoms with Crippen LogP contribution in [0, 0.1) is 11.3 Å². The molecule has 0 N–H and O–H groups in total. The third-order valence-electron chi connectivity index (χ3n) is 2.79. The average Bonchev–Trinajstić information content (AvgIpc) is 2.16. The van der Waals surface area contributed by atoms with Gasteiger partial charge in [-0.1, -0.05) is 33.8 Å². The molecule has 1 aromatic rings. The molecule has 2 nitrogen and oxygen atoms in total. The molecular formula is C12H19NO. The molecule has 0 aliphatic rings. The van der Waals surface area contributed by atoms with Crippen molar-refractivity contribution in [3.8, 4) is 5.88 Å². The van der Waals surface area contributed by atoms with Crippen LogP contribution in [0.4, 0.5) is 0 Å². The van der Waals surface area contributed by atoms with Crippen molar-refractivity contribution in [3.05, 3.63) is 24.4 Å². The quantitative estimate of drug-likeness (QED) is 0.733. The standard InChI is InChI=1S/C12H19NO/c1-10(2)12(3,4)9-14-11-7-5-6-8-13-11/h5-8,10H,9H2,1-4H3. The lowest BCUT2D eigenvalue weighted by atomic mass is 9.82. The van der Waals surface area contributed by atoms with E-state index in [1.54, 1.807) is 6.20 Å². The highest BCUT2D eigenvalue weighted by Gasteiger charge is 2.23. The minimum Gasteiger partial charge on any atom is -0.477 e. The fourth-order valence-corrected chi connectivity index (χ4v) is 0.859. The molecule has 1 heterocycles. The summed E-state index contributed by atoms with van der Waals surface area (Å²) in [6.45, 7) is 9.55. The lowest BCUT2D eigenvalue weighted by Crippen LogP contribution is -2.27. The van der Waals surface area contributed by atoms with Crippen LogP contribution in [-0.2, 0) is 0 Å². The smallest absolute Gasteiger partial charge is 0.213 e. The Kier molecular flexibility index (Phi) is 3.50. The van der Waals surface area contributed by atoms with Gasteiger partial charge in [-0.2, -0.15) is 0 Å². The summed E-state index contributed by atoms with van der Waals surface area (Å²) < 4.78 is 5.62. The first-order valence-corrected chi connectivity index (χ1v) is 5.06. The molecule has 0 radical (unpaired) electrons. The molecule has 0 fully saturated rings. The number of hydrogen-bond donors (Lipinski definition) is 0. The summed E-state index contributed by atoms with van der Waals surface area (Å²) in [4.78, 5) is 4.12. The molecule has 0 saturated carbocycles. The summed E-state index contributed by atoms with van der Waals surface area (Å²) in [5.74, 6) is 1.31. The second kappa shape index (κ2) is 4.45. The molecule has 0 aliphatic carbocycles. The van der Waals surface area contributed by atoms with Crippen molar-refractivity contribution < 1.29 is 4.74 Å². The maximum Gasteiger partial charge on any atom is 0.213 e. The van der Waals surface area contributed by atoms with Gasteiger partial charge < -0.3 is 4.74 Å². The maximum atomic E-state index is 5.62. The predicted octanol–water partition coefficient (Wildman–Crippen LogP) is 3.14. The van der Waals surface area contributed by atoms with Gasteiger partial charge in [-0.3, -0.25) is 0 Å². The summed E-state index contributed by atoms with van der Waals surface area (Å²) in [6.07, 6.45) is 1.75. The number of hydrogen-bond acceptors (Lipinski definition) is 2. The third-order valence-corrected chi connectivity index (χ3v) is 2.79. The van der Waals surface area contributed by atoms with Crippen molar-refractivity contribution in [1.82, 2.24) is 4.98 Å². The van der Waals surface area contributed by atoms with Crippen LogP contribution in [0.25, 0.3) is 0 Å². The van der Waals surface area contributed by atoms with Crippen LogP contribution in [0.3, 0.4) is 0 Å². The number of ether oxygens (including phenoxy) is 1. The summed E-state index contributed by atoms with van der Waals surface area (Å²) in [7, 11) is 0. The molecule has 1 rings (SSSR count). The summed E-state index contributed by atoms with van der Waals surface area (Å²) in [5.41, 5.74) is 0.192. The zero-order valence-corrected chi connectivity index (χ0v) is 9.45. The monoisotopic (exact) mass is 193 g/mol. The molecule has 0 atom stereocenters. The van der Waals surface area contributed by atoms with E-state index in [2.05, 4.69) is 32.7 Å². The minimum atomic E-state index is 0.192. The Morgan fingerprint density at radius 1 is 1.36 bits per heavy atom. The van der Waals surface area contributed by atoms with E-state index in [0.29, 0.717) is 18.4 Å². The van der Waals surface area contributed by atoms with Crippen molar-refractivity contribution in [2.24, 2.45) is 11.3 Å². The highest BCUT2D eigenvalue weighted by atomic mass is 16.5. The SMILES string of the molecule is CC(C)C(C)(C)COc1ccccn1. The van der Waals surface area contributed by atoms with E-state index in [0.717, 1.165) is 0 Å². The van der Waals surface area contributed by atoms with E-state index in [1.165, 1.54) is 0 Å². The molecule has 14 heavy (non-hydrogen) atoms. The van der Waals surface area contributed by atoms with Crippen molar-refractivity contribution in [1.29, 1.82) is 0 Å². The Hall–Kier alpha value is -1.05. The van der Waals surface area contributed by atoms with Gasteiger partial charge in [0, 0.05) is 17.7 Å². The summed E-state index contributed by atoms with van der Waals surface area (Å²) in [5, 5.41) is 0. The zero-order valence-electron chi connectivity index (χ0n) is 9.45. The third kappa shape index (κ3) is 3.02. The average molecular weight is 193 g/mol. The van der Waals surface area contributed by atoms with E-state index in [-0.39, 0.29) is 5.41 Å². The van der Waals surface area contributed by atoms with Crippen LogP contribution in [0.15, 0.2) is 24.4 Å². The Bertz CT molecular complexity index is 267. The Morgan fingerprint density at radius 3 is 2.57 bits per heavy atom. The fraction of sp³-hybridized carbons (Fsp3) is 0.583. The van der Waals surface area contributed by atoms with Crippen LogP contribution >= 0.6 is 0 Å². The van der Waals surface area contributed by atoms with Crippen LogP contribution in [-0.4, -0.2) is 11.6 Å². The van der Waals surface area contributed by atoms with Gasteiger partial charge >= 0.3 is 0 Å². The van der Waals surface area contributed by atoms with E-state index < -0.39 is 0 Å². The van der Waals surface area contributed by atoms with Gasteiger partial charge in [-0.25, -0.2) is 4.98 Å². The lowest BCUT2D eigenvalue weighted by Gasteiger charge is -2.28. The van der Waals surface area contributed by atoms with Gasteiger partial charge in [0.25, 0.3) is 0 Å². The molecule has 1 aromatic heterocycles. The van der Waals surface area contributed by atoms with Gasteiger partial charge in [0.15, 0.2) is 0 Å². The molecule has 0 aromatic carbocycles. The fourth-order valence-electron chi connectivity index (χ4n) is 0.859. The Labute approximate surface area is 86.3 Å². The van der Waals surface area contributed by atoms with Crippen molar-refractivity contribution in [3.63, 3.8) is 0 Å². The molecule has 0 spiro atoms. The second-order valence-corrected chi connectivity index (χ2v) is 4.60. The highest BCUT2D eigenvalue weighted by Crippen LogP contribution is 2.26. The predicted molar refractivity (Wildman–Crippen MR) is 58.4 cm³/mol. The van der Waals surface area contributed by atoms with E-state index >= 15 is 0 Å². The van der Waals surface area contributed by atoms with Crippen molar-refractivity contribution in [2.45, 2.75) is 27.7 Å². The lowest BCUT2D eigenvalue weighted by molar-refractivity contribution is 0.126. The van der Waals surface area contributed by atoms with Gasteiger partial charge in [0.05, 0.1) is 6.61 Å². The van der Waals surface area contributed by atoms with Crippen molar-refractivity contribution >= 4 is 0 Å². The number of pyridine rings is 1. The minimum absolute atomic E-state index is 0.192. The van der Waals surface area contributed by atoms with Gasteiger partial charge in [-0.15, -0.1) is 0 Å². The molecule has 0 amide bonds. The topological polar surface area (TPSA) is 22.1 Å².